The van der Waals surface area contributed by atoms with Crippen LogP contribution in [-0.2, 0) is 16.8 Å². The second kappa shape index (κ2) is 8.36. The number of likely N-dealkylation sites (N-methyl/N-ethyl adjacent to an activating group) is 1. The van der Waals surface area contributed by atoms with Crippen molar-refractivity contribution >= 4 is 10.2 Å². The minimum atomic E-state index is -3.44. The molecule has 0 aliphatic rings. The van der Waals surface area contributed by atoms with Crippen molar-refractivity contribution in [2.75, 3.05) is 19.6 Å². The van der Waals surface area contributed by atoms with E-state index in [0.29, 0.717) is 19.6 Å². The molecule has 114 valence electrons. The van der Waals surface area contributed by atoms with Crippen LogP contribution in [0.1, 0.15) is 26.3 Å². The van der Waals surface area contributed by atoms with Crippen molar-refractivity contribution in [3.8, 4) is 0 Å². The van der Waals surface area contributed by atoms with Crippen LogP contribution in [0.4, 0.5) is 0 Å². The lowest BCUT2D eigenvalue weighted by Gasteiger charge is -2.22. The Bertz CT molecular complexity index is 476. The zero-order valence-corrected chi connectivity index (χ0v) is 13.3. The second-order valence-electron chi connectivity index (χ2n) is 4.72. The van der Waals surface area contributed by atoms with E-state index >= 15 is 0 Å². The molecular weight excluding hydrogens is 274 g/mol. The average Bonchev–Trinajstić information content (AvgIpc) is 2.44. The van der Waals surface area contributed by atoms with Crippen molar-refractivity contribution < 1.29 is 8.42 Å². The number of benzene rings is 1. The summed E-state index contributed by atoms with van der Waals surface area (Å²) in [4.78, 5) is 0. The molecule has 1 rings (SSSR count). The topological polar surface area (TPSA) is 61.4 Å². The summed E-state index contributed by atoms with van der Waals surface area (Å²) in [5.41, 5.74) is 0.986. The van der Waals surface area contributed by atoms with Gasteiger partial charge in [-0.15, -0.1) is 0 Å². The normalized spacial score (nSPS) is 13.6. The first-order valence-corrected chi connectivity index (χ1v) is 8.45. The fraction of sp³-hybridized carbons (Fsp3) is 0.571. The van der Waals surface area contributed by atoms with Crippen LogP contribution in [0.3, 0.4) is 0 Å². The highest BCUT2D eigenvalue weighted by Gasteiger charge is 2.20. The molecule has 0 aliphatic heterocycles. The number of hydrogen-bond donors (Lipinski definition) is 2. The summed E-state index contributed by atoms with van der Waals surface area (Å²) in [6.45, 7) is 7.85. The minimum Gasteiger partial charge on any atom is -0.313 e. The summed E-state index contributed by atoms with van der Waals surface area (Å²) < 4.78 is 28.6. The molecule has 0 fully saturated rings. The van der Waals surface area contributed by atoms with Gasteiger partial charge in [0.05, 0.1) is 0 Å². The Hall–Kier alpha value is -0.950. The highest BCUT2D eigenvalue weighted by molar-refractivity contribution is 7.87. The van der Waals surface area contributed by atoms with Crippen LogP contribution < -0.4 is 10.0 Å². The molecule has 0 saturated heterocycles. The summed E-state index contributed by atoms with van der Waals surface area (Å²) in [6.07, 6.45) is 0. The lowest BCUT2D eigenvalue weighted by atomic mass is 10.2. The minimum absolute atomic E-state index is 0.116. The largest absolute Gasteiger partial charge is 0.313 e. The maximum Gasteiger partial charge on any atom is 0.279 e. The van der Waals surface area contributed by atoms with E-state index in [9.17, 15) is 8.42 Å². The maximum atomic E-state index is 12.3. The molecule has 2 N–H and O–H groups in total. The smallest absolute Gasteiger partial charge is 0.279 e. The van der Waals surface area contributed by atoms with Crippen LogP contribution in [-0.4, -0.2) is 38.4 Å². The van der Waals surface area contributed by atoms with Gasteiger partial charge in [0, 0.05) is 25.7 Å². The molecule has 0 radical (unpaired) electrons. The third-order valence-corrected chi connectivity index (χ3v) is 4.62. The lowest BCUT2D eigenvalue weighted by molar-refractivity contribution is 0.410. The van der Waals surface area contributed by atoms with Gasteiger partial charge in [-0.3, -0.25) is 0 Å². The summed E-state index contributed by atoms with van der Waals surface area (Å²) >= 11 is 0. The van der Waals surface area contributed by atoms with Crippen molar-refractivity contribution in [1.82, 2.24) is 14.3 Å². The molecule has 1 atom stereocenters. The van der Waals surface area contributed by atoms with Crippen molar-refractivity contribution in [3.05, 3.63) is 35.9 Å². The van der Waals surface area contributed by atoms with Gasteiger partial charge in [-0.1, -0.05) is 44.2 Å². The first-order valence-electron chi connectivity index (χ1n) is 7.01. The summed E-state index contributed by atoms with van der Waals surface area (Å²) in [7, 11) is -3.44. The summed E-state index contributed by atoms with van der Waals surface area (Å²) in [5, 5.41) is 3.18. The number of nitrogens with zero attached hydrogens (tertiary/aromatic N) is 1. The van der Waals surface area contributed by atoms with Crippen LogP contribution in [0.15, 0.2) is 30.3 Å². The van der Waals surface area contributed by atoms with E-state index in [-0.39, 0.29) is 6.04 Å². The predicted molar refractivity (Wildman–Crippen MR) is 82.6 cm³/mol. The Labute approximate surface area is 122 Å². The molecule has 1 aromatic carbocycles. The van der Waals surface area contributed by atoms with Crippen LogP contribution >= 0.6 is 0 Å². The maximum absolute atomic E-state index is 12.3. The van der Waals surface area contributed by atoms with E-state index in [4.69, 9.17) is 0 Å². The van der Waals surface area contributed by atoms with E-state index in [1.54, 1.807) is 0 Å². The van der Waals surface area contributed by atoms with Gasteiger partial charge >= 0.3 is 0 Å². The lowest BCUT2D eigenvalue weighted by Crippen LogP contribution is -2.45. The SMILES string of the molecule is CCN[C@H](C)CNS(=O)(=O)N(CC)Cc1ccccc1. The molecule has 0 saturated carbocycles. The van der Waals surface area contributed by atoms with Gasteiger partial charge in [0.2, 0.25) is 0 Å². The third kappa shape index (κ3) is 5.58. The summed E-state index contributed by atoms with van der Waals surface area (Å²) in [6, 6.07) is 9.72. The van der Waals surface area contributed by atoms with Crippen LogP contribution in [0.5, 0.6) is 0 Å². The molecule has 5 nitrogen and oxygen atoms in total. The van der Waals surface area contributed by atoms with Crippen LogP contribution in [0, 0.1) is 0 Å². The number of rotatable bonds is 9. The van der Waals surface area contributed by atoms with Gasteiger partial charge in [0.1, 0.15) is 0 Å². The van der Waals surface area contributed by atoms with E-state index in [1.165, 1.54) is 4.31 Å². The standard InChI is InChI=1S/C14H25N3O2S/c1-4-15-13(3)11-16-20(18,19)17(5-2)12-14-9-7-6-8-10-14/h6-10,13,15-16H,4-5,11-12H2,1-3H3/t13-/m1/s1. The van der Waals surface area contributed by atoms with Crippen molar-refractivity contribution in [3.63, 3.8) is 0 Å². The van der Waals surface area contributed by atoms with Crippen molar-refractivity contribution in [2.24, 2.45) is 0 Å². The Balaban J connectivity index is 2.63. The molecular formula is C14H25N3O2S. The molecule has 6 heteroatoms. The molecule has 0 spiro atoms. The van der Waals surface area contributed by atoms with Gasteiger partial charge in [0.25, 0.3) is 10.2 Å². The predicted octanol–water partition coefficient (Wildman–Crippen LogP) is 1.34. The summed E-state index contributed by atoms with van der Waals surface area (Å²) in [5.74, 6) is 0. The monoisotopic (exact) mass is 299 g/mol. The van der Waals surface area contributed by atoms with E-state index in [1.807, 2.05) is 51.1 Å². The van der Waals surface area contributed by atoms with Crippen molar-refractivity contribution in [2.45, 2.75) is 33.4 Å². The second-order valence-corrected chi connectivity index (χ2v) is 6.48. The first kappa shape index (κ1) is 17.1. The van der Waals surface area contributed by atoms with Gasteiger partial charge in [-0.05, 0) is 19.0 Å². The quantitative estimate of drug-likeness (QED) is 0.723. The Morgan fingerprint density at radius 1 is 1.20 bits per heavy atom. The Morgan fingerprint density at radius 2 is 1.85 bits per heavy atom. The molecule has 20 heavy (non-hydrogen) atoms. The third-order valence-electron chi connectivity index (χ3n) is 3.02. The fourth-order valence-corrected chi connectivity index (χ4v) is 3.20. The Kier molecular flexibility index (Phi) is 7.15. The van der Waals surface area contributed by atoms with E-state index in [0.717, 1.165) is 12.1 Å². The highest BCUT2D eigenvalue weighted by Crippen LogP contribution is 2.07. The van der Waals surface area contributed by atoms with Gasteiger partial charge in [0.15, 0.2) is 0 Å². The Morgan fingerprint density at radius 3 is 2.40 bits per heavy atom. The zero-order chi connectivity index (χ0) is 15.0. The molecule has 0 unspecified atom stereocenters. The molecule has 0 bridgehead atoms. The highest BCUT2D eigenvalue weighted by atomic mass is 32.2. The molecule has 1 aromatic rings. The van der Waals surface area contributed by atoms with Crippen molar-refractivity contribution in [1.29, 1.82) is 0 Å². The van der Waals surface area contributed by atoms with E-state index in [2.05, 4.69) is 10.0 Å². The first-order chi connectivity index (χ1) is 9.49. The molecule has 0 aliphatic carbocycles. The zero-order valence-electron chi connectivity index (χ0n) is 12.5. The van der Waals surface area contributed by atoms with Crippen LogP contribution in [0.25, 0.3) is 0 Å². The molecule has 0 amide bonds. The van der Waals surface area contributed by atoms with Crippen LogP contribution in [0.2, 0.25) is 0 Å². The number of hydrogen-bond acceptors (Lipinski definition) is 3. The molecule has 0 heterocycles. The average molecular weight is 299 g/mol. The van der Waals surface area contributed by atoms with Gasteiger partial charge in [-0.25, -0.2) is 4.72 Å². The van der Waals surface area contributed by atoms with Gasteiger partial charge in [-0.2, -0.15) is 12.7 Å². The van der Waals surface area contributed by atoms with Gasteiger partial charge < -0.3 is 5.32 Å². The number of nitrogens with one attached hydrogen (secondary N) is 2. The molecule has 0 aromatic heterocycles. The fourth-order valence-electron chi connectivity index (χ4n) is 1.90. The van der Waals surface area contributed by atoms with E-state index < -0.39 is 10.2 Å².